The second-order valence-corrected chi connectivity index (χ2v) is 10.7. The van der Waals surface area contributed by atoms with Crippen molar-refractivity contribution in [2.75, 3.05) is 26.0 Å². The number of phenolic OH excluding ortho intramolecular Hbond substituents is 1. The van der Waals surface area contributed by atoms with Gasteiger partial charge in [-0.25, -0.2) is 4.39 Å². The Morgan fingerprint density at radius 3 is 2.49 bits per heavy atom. The van der Waals surface area contributed by atoms with Crippen molar-refractivity contribution >= 4 is 28.9 Å². The molecule has 3 aliphatic carbocycles. The number of halogens is 1. The largest absolute Gasteiger partial charge is 0.508 e. The second kappa shape index (κ2) is 9.14. The molecule has 0 aromatic heterocycles. The summed E-state index contributed by atoms with van der Waals surface area (Å²) in [6, 6.07) is -0.0583. The fourth-order valence-electron chi connectivity index (χ4n) is 5.90. The number of rotatable bonds is 6. The van der Waals surface area contributed by atoms with Crippen molar-refractivity contribution in [1.82, 2.24) is 4.90 Å². The topological polar surface area (TPSA) is 173 Å². The number of ketones is 2. The van der Waals surface area contributed by atoms with Crippen molar-refractivity contribution in [3.8, 4) is 5.75 Å². The predicted octanol–water partition coefficient (Wildman–Crippen LogP) is 1.56. The van der Waals surface area contributed by atoms with Crippen LogP contribution in [0.5, 0.6) is 5.75 Å². The van der Waals surface area contributed by atoms with Gasteiger partial charge in [-0.2, -0.15) is 0 Å². The van der Waals surface area contributed by atoms with E-state index in [-0.39, 0.29) is 35.2 Å². The highest BCUT2D eigenvalue weighted by Gasteiger charge is 2.64. The van der Waals surface area contributed by atoms with Crippen LogP contribution in [0.25, 0.3) is 5.76 Å². The van der Waals surface area contributed by atoms with Crippen LogP contribution in [-0.4, -0.2) is 75.1 Å². The van der Waals surface area contributed by atoms with E-state index < -0.39 is 69.6 Å². The summed E-state index contributed by atoms with van der Waals surface area (Å²) in [5.41, 5.74) is 1.14. The lowest BCUT2D eigenvalue weighted by atomic mass is 9.57. The maximum Gasteiger partial charge on any atom is 0.255 e. The smallest absolute Gasteiger partial charge is 0.255 e. The van der Waals surface area contributed by atoms with E-state index in [4.69, 9.17) is 5.73 Å². The van der Waals surface area contributed by atoms with Crippen LogP contribution < -0.4 is 11.1 Å². The third kappa shape index (κ3) is 3.88. The van der Waals surface area contributed by atoms with Crippen molar-refractivity contribution < 1.29 is 39.2 Å². The molecule has 4 rings (SSSR count). The normalized spacial score (nSPS) is 27.4. The van der Waals surface area contributed by atoms with E-state index in [1.165, 1.54) is 19.0 Å². The zero-order valence-electron chi connectivity index (χ0n) is 21.1. The number of hydrogen-bond acceptors (Lipinski definition) is 9. The van der Waals surface area contributed by atoms with Crippen LogP contribution in [0, 0.1) is 23.6 Å². The zero-order valence-corrected chi connectivity index (χ0v) is 21.1. The van der Waals surface area contributed by atoms with Gasteiger partial charge in [-0.1, -0.05) is 13.8 Å². The third-order valence-corrected chi connectivity index (χ3v) is 7.70. The molecular weight excluding hydrogens is 485 g/mol. The van der Waals surface area contributed by atoms with E-state index in [0.29, 0.717) is 12.5 Å². The lowest BCUT2D eigenvalue weighted by molar-refractivity contribution is -0.153. The molecule has 10 nitrogen and oxygen atoms in total. The van der Waals surface area contributed by atoms with E-state index in [1.54, 1.807) is 0 Å². The molecule has 0 heterocycles. The minimum atomic E-state index is -2.73. The number of Topliss-reactive ketones (excluding diaryl/α,β-unsaturated/α-hetero) is 2. The molecule has 0 spiro atoms. The summed E-state index contributed by atoms with van der Waals surface area (Å²) in [7, 11) is 3.03. The molecule has 37 heavy (non-hydrogen) atoms. The summed E-state index contributed by atoms with van der Waals surface area (Å²) in [4.78, 5) is 40.3. The molecule has 0 radical (unpaired) electrons. The average Bonchev–Trinajstić information content (AvgIpc) is 2.78. The Bertz CT molecular complexity index is 1270. The Labute approximate surface area is 213 Å². The number of hydrogen-bond donors (Lipinski definition) is 6. The highest BCUT2D eigenvalue weighted by Crippen LogP contribution is 2.53. The molecular formula is C26H32FN3O7. The van der Waals surface area contributed by atoms with E-state index in [9.17, 15) is 34.8 Å². The quantitative estimate of drug-likeness (QED) is 0.242. The number of nitrogens with zero attached hydrogens (tertiary/aromatic N) is 1. The van der Waals surface area contributed by atoms with Gasteiger partial charge in [-0.3, -0.25) is 19.3 Å². The Kier molecular flexibility index (Phi) is 6.58. The summed E-state index contributed by atoms with van der Waals surface area (Å²) in [6.07, 6.45) is 0.542. The molecule has 1 aromatic rings. The highest BCUT2D eigenvalue weighted by molar-refractivity contribution is 6.24. The van der Waals surface area contributed by atoms with Crippen LogP contribution in [0.4, 0.5) is 10.1 Å². The number of carbonyl (C=O) groups excluding carboxylic acids is 3. The standard InChI is InChI=1S/C26H32FN3O7/c1-10(2)5-6-29-15-9-14(27)12-7-11-8-13-19(30(3)4)22(33)18(25(28)36)24(35)26(13,37)23(34)16(11)21(32)17(12)20(15)31/h9-11,13,19,29,31-32,35,37H,5-8H2,1-4H3,(H2,28,36)/t11-,13-,19-,26-/m0/s1. The maximum atomic E-state index is 15.2. The Balaban J connectivity index is 1.88. The van der Waals surface area contributed by atoms with Crippen LogP contribution in [0.3, 0.4) is 0 Å². The highest BCUT2D eigenvalue weighted by atomic mass is 19.1. The van der Waals surface area contributed by atoms with Gasteiger partial charge >= 0.3 is 0 Å². The van der Waals surface area contributed by atoms with Gasteiger partial charge in [-0.05, 0) is 45.2 Å². The number of phenols is 1. The minimum absolute atomic E-state index is 0.00229. The van der Waals surface area contributed by atoms with E-state index in [1.807, 2.05) is 13.8 Å². The van der Waals surface area contributed by atoms with Crippen molar-refractivity contribution in [1.29, 1.82) is 0 Å². The number of carbonyl (C=O) groups is 3. The van der Waals surface area contributed by atoms with Crippen LogP contribution in [0.15, 0.2) is 23.0 Å². The number of fused-ring (bicyclic) bond motifs is 3. The summed E-state index contributed by atoms with van der Waals surface area (Å²) in [5, 5.41) is 47.5. The first-order valence-electron chi connectivity index (χ1n) is 12.2. The number of aliphatic hydroxyl groups excluding tert-OH is 2. The molecule has 7 N–H and O–H groups in total. The Morgan fingerprint density at radius 2 is 1.92 bits per heavy atom. The fraction of sp³-hybridized carbons (Fsp3) is 0.500. The first kappa shape index (κ1) is 26.6. The molecule has 3 aliphatic rings. The molecule has 0 bridgehead atoms. The van der Waals surface area contributed by atoms with Crippen molar-refractivity contribution in [2.24, 2.45) is 23.5 Å². The number of nitrogens with two attached hydrogens (primary N) is 1. The fourth-order valence-corrected chi connectivity index (χ4v) is 5.90. The second-order valence-electron chi connectivity index (χ2n) is 10.7. The molecule has 0 saturated heterocycles. The Morgan fingerprint density at radius 1 is 1.27 bits per heavy atom. The van der Waals surface area contributed by atoms with Gasteiger partial charge in [0.1, 0.15) is 28.7 Å². The van der Waals surface area contributed by atoms with Gasteiger partial charge in [0.15, 0.2) is 11.4 Å². The van der Waals surface area contributed by atoms with Gasteiger partial charge in [0.05, 0.1) is 17.3 Å². The predicted molar refractivity (Wildman–Crippen MR) is 132 cm³/mol. The van der Waals surface area contributed by atoms with Gasteiger partial charge in [0.25, 0.3) is 5.91 Å². The molecule has 0 unspecified atom stereocenters. The third-order valence-electron chi connectivity index (χ3n) is 7.70. The number of amides is 1. The van der Waals surface area contributed by atoms with E-state index >= 15 is 4.39 Å². The minimum Gasteiger partial charge on any atom is -0.508 e. The van der Waals surface area contributed by atoms with Gasteiger partial charge in [-0.15, -0.1) is 0 Å². The number of benzene rings is 1. The zero-order chi connectivity index (χ0) is 27.6. The summed E-state index contributed by atoms with van der Waals surface area (Å²) < 4.78 is 15.2. The van der Waals surface area contributed by atoms with Crippen LogP contribution in [0.1, 0.15) is 37.8 Å². The summed E-state index contributed by atoms with van der Waals surface area (Å²) >= 11 is 0. The molecule has 1 amide bonds. The number of nitrogens with one attached hydrogen (secondary N) is 1. The molecule has 11 heteroatoms. The van der Waals surface area contributed by atoms with E-state index in [0.717, 1.165) is 12.5 Å². The first-order valence-corrected chi connectivity index (χ1v) is 12.2. The lowest BCUT2D eigenvalue weighted by Crippen LogP contribution is -2.65. The number of aromatic hydroxyl groups is 1. The molecule has 4 atom stereocenters. The summed E-state index contributed by atoms with van der Waals surface area (Å²) in [6.45, 7) is 4.44. The van der Waals surface area contributed by atoms with E-state index in [2.05, 4.69) is 5.32 Å². The van der Waals surface area contributed by atoms with Crippen LogP contribution in [-0.2, 0) is 20.8 Å². The van der Waals surface area contributed by atoms with Gasteiger partial charge in [0.2, 0.25) is 5.78 Å². The number of aliphatic hydroxyl groups is 3. The SMILES string of the molecule is CC(C)CCNc1cc(F)c2c(c1O)C(O)=C1C(=O)[C@]3(O)C(O)=C(C(N)=O)C(=O)[C@@H](N(C)C)[C@@H]3C[C@@H]1C2. The average molecular weight is 518 g/mol. The van der Waals surface area contributed by atoms with Crippen molar-refractivity contribution in [3.63, 3.8) is 0 Å². The molecule has 0 aliphatic heterocycles. The number of likely N-dealkylation sites (N-methyl/N-ethyl adjacent to an activating group) is 1. The monoisotopic (exact) mass is 517 g/mol. The van der Waals surface area contributed by atoms with Crippen molar-refractivity contribution in [2.45, 2.75) is 44.8 Å². The first-order chi connectivity index (χ1) is 17.2. The summed E-state index contributed by atoms with van der Waals surface area (Å²) in [5.74, 6) is -7.99. The van der Waals surface area contributed by atoms with Gasteiger partial charge < -0.3 is 31.5 Å². The molecule has 1 saturated carbocycles. The molecule has 1 fully saturated rings. The van der Waals surface area contributed by atoms with Crippen LogP contribution >= 0.6 is 0 Å². The number of primary amides is 1. The van der Waals surface area contributed by atoms with Crippen molar-refractivity contribution in [3.05, 3.63) is 39.9 Å². The number of anilines is 1. The Hall–Kier alpha value is -3.44. The van der Waals surface area contributed by atoms with Gasteiger partial charge in [0, 0.05) is 29.7 Å². The molecule has 1 aromatic carbocycles. The maximum absolute atomic E-state index is 15.2. The van der Waals surface area contributed by atoms with Crippen LogP contribution in [0.2, 0.25) is 0 Å². The lowest BCUT2D eigenvalue weighted by Gasteiger charge is -2.50. The molecule has 200 valence electrons.